The van der Waals surface area contributed by atoms with Gasteiger partial charge >= 0.3 is 0 Å². The summed E-state index contributed by atoms with van der Waals surface area (Å²) >= 11 is 1.69. The van der Waals surface area contributed by atoms with Gasteiger partial charge in [-0.25, -0.2) is 4.98 Å². The predicted octanol–water partition coefficient (Wildman–Crippen LogP) is 3.07. The molecule has 1 aliphatic rings. The summed E-state index contributed by atoms with van der Waals surface area (Å²) in [6, 6.07) is 6.39. The van der Waals surface area contributed by atoms with Gasteiger partial charge in [0.05, 0.1) is 11.2 Å². The smallest absolute Gasteiger partial charge is 0.161 e. The van der Waals surface area contributed by atoms with Gasteiger partial charge in [-0.1, -0.05) is 6.07 Å². The maximum Gasteiger partial charge on any atom is 0.161 e. The van der Waals surface area contributed by atoms with Gasteiger partial charge in [0, 0.05) is 17.5 Å². The second kappa shape index (κ2) is 5.81. The predicted molar refractivity (Wildman–Crippen MR) is 79.5 cm³/mol. The Bertz CT molecular complexity index is 597. The number of fused-ring (bicyclic) bond motifs is 1. The summed E-state index contributed by atoms with van der Waals surface area (Å²) in [7, 11) is 0. The van der Waals surface area contributed by atoms with Crippen molar-refractivity contribution >= 4 is 11.3 Å². The molecule has 0 amide bonds. The maximum absolute atomic E-state index is 5.62. The first kappa shape index (κ1) is 13.4. The monoisotopic (exact) mass is 290 g/mol. The van der Waals surface area contributed by atoms with Crippen LogP contribution in [-0.4, -0.2) is 18.2 Å². The van der Waals surface area contributed by atoms with E-state index in [0.717, 1.165) is 23.7 Å². The van der Waals surface area contributed by atoms with Crippen LogP contribution in [0.4, 0.5) is 0 Å². The Morgan fingerprint density at radius 1 is 1.30 bits per heavy atom. The third kappa shape index (κ3) is 2.78. The first-order valence-electron chi connectivity index (χ1n) is 6.76. The van der Waals surface area contributed by atoms with Gasteiger partial charge in [0.2, 0.25) is 0 Å². The van der Waals surface area contributed by atoms with E-state index >= 15 is 0 Å². The van der Waals surface area contributed by atoms with Crippen LogP contribution in [0.2, 0.25) is 0 Å². The minimum Gasteiger partial charge on any atom is -0.486 e. The van der Waals surface area contributed by atoms with E-state index in [0.29, 0.717) is 13.2 Å². The topological polar surface area (TPSA) is 43.4 Å². The molecule has 0 bridgehead atoms. The zero-order valence-corrected chi connectivity index (χ0v) is 12.5. The van der Waals surface area contributed by atoms with Crippen LogP contribution in [0.25, 0.3) is 0 Å². The molecule has 2 aromatic rings. The Morgan fingerprint density at radius 2 is 2.10 bits per heavy atom. The highest BCUT2D eigenvalue weighted by Gasteiger charge is 2.14. The summed E-state index contributed by atoms with van der Waals surface area (Å²) in [5.41, 5.74) is 4.20. The molecular weight excluding hydrogens is 272 g/mol. The van der Waals surface area contributed by atoms with E-state index in [1.54, 1.807) is 11.3 Å². The Labute approximate surface area is 122 Å². The zero-order valence-electron chi connectivity index (χ0n) is 11.7. The molecule has 1 aromatic heterocycles. The third-order valence-electron chi connectivity index (χ3n) is 3.48. The minimum atomic E-state index is 0.257. The molecule has 0 radical (unpaired) electrons. The third-order valence-corrected chi connectivity index (χ3v) is 4.41. The van der Waals surface area contributed by atoms with Crippen LogP contribution in [0.3, 0.4) is 0 Å². The van der Waals surface area contributed by atoms with Crippen LogP contribution < -0.4 is 14.8 Å². The van der Waals surface area contributed by atoms with Crippen molar-refractivity contribution in [2.45, 2.75) is 26.4 Å². The van der Waals surface area contributed by atoms with Crippen molar-refractivity contribution in [1.82, 2.24) is 10.3 Å². The molecule has 1 N–H and O–H groups in total. The molecule has 1 atom stereocenters. The Balaban J connectivity index is 1.67. The van der Waals surface area contributed by atoms with Gasteiger partial charge < -0.3 is 14.8 Å². The molecule has 0 spiro atoms. The number of hydrogen-bond donors (Lipinski definition) is 1. The number of nitrogens with one attached hydrogen (secondary N) is 1. The number of benzene rings is 1. The van der Waals surface area contributed by atoms with Crippen molar-refractivity contribution in [3.8, 4) is 11.5 Å². The molecule has 0 saturated heterocycles. The standard InChI is InChI=1S/C15H18N2O2S/c1-10(16-8-15-11(2)17-9-20-15)12-3-4-13-14(7-12)19-6-5-18-13/h3-4,7,9-10,16H,5-6,8H2,1-2H3. The highest BCUT2D eigenvalue weighted by atomic mass is 32.1. The quantitative estimate of drug-likeness (QED) is 0.940. The summed E-state index contributed by atoms with van der Waals surface area (Å²) < 4.78 is 11.2. The molecule has 106 valence electrons. The molecule has 20 heavy (non-hydrogen) atoms. The van der Waals surface area contributed by atoms with Gasteiger partial charge in [0.25, 0.3) is 0 Å². The summed E-state index contributed by atoms with van der Waals surface area (Å²) in [5.74, 6) is 1.68. The summed E-state index contributed by atoms with van der Waals surface area (Å²) in [6.45, 7) is 6.29. The van der Waals surface area contributed by atoms with Crippen LogP contribution >= 0.6 is 11.3 Å². The highest BCUT2D eigenvalue weighted by molar-refractivity contribution is 7.09. The lowest BCUT2D eigenvalue weighted by Crippen LogP contribution is -2.19. The SMILES string of the molecule is Cc1ncsc1CNC(C)c1ccc2c(c1)OCCO2. The summed E-state index contributed by atoms with van der Waals surface area (Å²) in [6.07, 6.45) is 0. The average Bonchev–Trinajstić information content (AvgIpc) is 2.89. The number of nitrogens with zero attached hydrogens (tertiary/aromatic N) is 1. The molecule has 5 heteroatoms. The highest BCUT2D eigenvalue weighted by Crippen LogP contribution is 2.32. The molecule has 2 heterocycles. The van der Waals surface area contributed by atoms with Gasteiger partial charge in [-0.2, -0.15) is 0 Å². The molecule has 3 rings (SSSR count). The molecular formula is C15H18N2O2S. The number of ether oxygens (including phenoxy) is 2. The molecule has 1 unspecified atom stereocenters. The van der Waals surface area contributed by atoms with Crippen LogP contribution in [0.15, 0.2) is 23.7 Å². The van der Waals surface area contributed by atoms with Crippen molar-refractivity contribution in [2.24, 2.45) is 0 Å². The number of aromatic nitrogens is 1. The number of rotatable bonds is 4. The van der Waals surface area contributed by atoms with Gasteiger partial charge in [0.1, 0.15) is 13.2 Å². The van der Waals surface area contributed by atoms with Crippen LogP contribution in [0.5, 0.6) is 11.5 Å². The maximum atomic E-state index is 5.62. The van der Waals surface area contributed by atoms with Crippen molar-refractivity contribution in [3.05, 3.63) is 39.8 Å². The zero-order chi connectivity index (χ0) is 13.9. The molecule has 0 fully saturated rings. The Kier molecular flexibility index (Phi) is 3.89. The van der Waals surface area contributed by atoms with E-state index < -0.39 is 0 Å². The van der Waals surface area contributed by atoms with Crippen LogP contribution in [0.1, 0.15) is 29.1 Å². The molecule has 4 nitrogen and oxygen atoms in total. The minimum absolute atomic E-state index is 0.257. The fraction of sp³-hybridized carbons (Fsp3) is 0.400. The van der Waals surface area contributed by atoms with Gasteiger partial charge in [0.15, 0.2) is 11.5 Å². The van der Waals surface area contributed by atoms with E-state index in [-0.39, 0.29) is 6.04 Å². The Hall–Kier alpha value is -1.59. The average molecular weight is 290 g/mol. The Morgan fingerprint density at radius 3 is 2.85 bits per heavy atom. The largest absolute Gasteiger partial charge is 0.486 e. The lowest BCUT2D eigenvalue weighted by atomic mass is 10.1. The van der Waals surface area contributed by atoms with E-state index in [1.807, 2.05) is 18.5 Å². The van der Waals surface area contributed by atoms with E-state index in [1.165, 1.54) is 10.4 Å². The van der Waals surface area contributed by atoms with Crippen molar-refractivity contribution in [3.63, 3.8) is 0 Å². The van der Waals surface area contributed by atoms with Crippen molar-refractivity contribution < 1.29 is 9.47 Å². The molecule has 1 aromatic carbocycles. The van der Waals surface area contributed by atoms with E-state index in [4.69, 9.17) is 9.47 Å². The number of aryl methyl sites for hydroxylation is 1. The summed E-state index contributed by atoms with van der Waals surface area (Å²) in [5, 5.41) is 3.52. The normalized spacial score (nSPS) is 15.1. The van der Waals surface area contributed by atoms with Crippen LogP contribution in [0, 0.1) is 6.92 Å². The second-order valence-corrected chi connectivity index (χ2v) is 5.81. The van der Waals surface area contributed by atoms with Crippen LogP contribution in [-0.2, 0) is 6.54 Å². The van der Waals surface area contributed by atoms with Crippen molar-refractivity contribution in [1.29, 1.82) is 0 Å². The molecule has 0 saturated carbocycles. The fourth-order valence-electron chi connectivity index (χ4n) is 2.19. The van der Waals surface area contributed by atoms with Gasteiger partial charge in [-0.15, -0.1) is 11.3 Å². The second-order valence-electron chi connectivity index (χ2n) is 4.87. The number of thiazole rings is 1. The van der Waals surface area contributed by atoms with E-state index in [9.17, 15) is 0 Å². The van der Waals surface area contributed by atoms with Gasteiger partial charge in [-0.3, -0.25) is 0 Å². The molecule has 0 aliphatic carbocycles. The van der Waals surface area contributed by atoms with Gasteiger partial charge in [-0.05, 0) is 31.5 Å². The fourth-order valence-corrected chi connectivity index (χ4v) is 2.92. The lowest BCUT2D eigenvalue weighted by molar-refractivity contribution is 0.171. The summed E-state index contributed by atoms with van der Waals surface area (Å²) in [4.78, 5) is 5.55. The van der Waals surface area contributed by atoms with Crippen molar-refractivity contribution in [2.75, 3.05) is 13.2 Å². The first-order chi connectivity index (χ1) is 9.74. The van der Waals surface area contributed by atoms with E-state index in [2.05, 4.69) is 29.4 Å². The lowest BCUT2D eigenvalue weighted by Gasteiger charge is -2.21. The number of hydrogen-bond acceptors (Lipinski definition) is 5. The first-order valence-corrected chi connectivity index (χ1v) is 7.64. The molecule has 1 aliphatic heterocycles.